The largest absolute Gasteiger partial charge is 0.444 e. The van der Waals surface area contributed by atoms with Crippen LogP contribution in [-0.4, -0.2) is 65.9 Å². The van der Waals surface area contributed by atoms with Gasteiger partial charge in [-0.15, -0.1) is 0 Å². The van der Waals surface area contributed by atoms with Crippen molar-refractivity contribution >= 4 is 35.9 Å². The highest BCUT2D eigenvalue weighted by Crippen LogP contribution is 2.18. The first-order chi connectivity index (χ1) is 21.9. The van der Waals surface area contributed by atoms with Crippen LogP contribution in [0.1, 0.15) is 58.1 Å². The van der Waals surface area contributed by atoms with E-state index in [4.69, 9.17) is 21.6 Å². The van der Waals surface area contributed by atoms with E-state index in [0.29, 0.717) is 13.0 Å². The van der Waals surface area contributed by atoms with E-state index < -0.39 is 41.9 Å². The van der Waals surface area contributed by atoms with Crippen LogP contribution in [0.15, 0.2) is 66.7 Å². The molecule has 8 N–H and O–H groups in total. The van der Waals surface area contributed by atoms with Gasteiger partial charge in [0.15, 0.2) is 5.96 Å². The number of nitrogens with one attached hydrogen (secondary N) is 4. The number of nitrogens with zero attached hydrogens (tertiary/aromatic N) is 1. The minimum atomic E-state index is -1.08. The van der Waals surface area contributed by atoms with Crippen LogP contribution in [-0.2, 0) is 25.7 Å². The van der Waals surface area contributed by atoms with Crippen LogP contribution in [0.25, 0.3) is 6.08 Å². The Bertz CT molecular complexity index is 1300. The number of ether oxygens (including phenoxy) is 1. The Hall–Kier alpha value is -4.71. The van der Waals surface area contributed by atoms with E-state index in [1.807, 2.05) is 76.2 Å². The van der Waals surface area contributed by atoms with Crippen LogP contribution in [0.5, 0.6) is 0 Å². The van der Waals surface area contributed by atoms with Crippen molar-refractivity contribution in [3.63, 3.8) is 0 Å². The van der Waals surface area contributed by atoms with Crippen molar-refractivity contribution in [2.75, 3.05) is 13.1 Å². The quantitative estimate of drug-likeness (QED) is 0.0661. The Morgan fingerprint density at radius 1 is 0.957 bits per heavy atom. The van der Waals surface area contributed by atoms with Crippen LogP contribution < -0.4 is 27.4 Å². The molecule has 0 aliphatic carbocycles. The van der Waals surface area contributed by atoms with Crippen LogP contribution in [0.2, 0.25) is 0 Å². The molecule has 2 aromatic rings. The monoisotopic (exact) mass is 635 g/mol. The molecule has 0 aliphatic rings. The lowest BCUT2D eigenvalue weighted by molar-refractivity contribution is -0.138. The topological polar surface area (TPSA) is 193 Å². The maximum absolute atomic E-state index is 14.2. The van der Waals surface area contributed by atoms with E-state index in [-0.39, 0.29) is 43.8 Å². The Morgan fingerprint density at radius 2 is 1.59 bits per heavy atom. The number of amides is 4. The number of nitrogens with two attached hydrogens (primary N) is 2. The normalized spacial score (nSPS) is 13.1. The molecule has 4 amide bonds. The molecule has 0 spiro atoms. The molecule has 250 valence electrons. The summed E-state index contributed by atoms with van der Waals surface area (Å²) in [6, 6.07) is 15.6. The van der Waals surface area contributed by atoms with Crippen molar-refractivity contribution in [2.24, 2.45) is 23.3 Å². The molecule has 0 unspecified atom stereocenters. The molecule has 12 nitrogen and oxygen atoms in total. The summed E-state index contributed by atoms with van der Waals surface area (Å²) in [5.74, 6) is -2.07. The number of imide groups is 1. The van der Waals surface area contributed by atoms with Gasteiger partial charge in [0.2, 0.25) is 11.8 Å². The summed E-state index contributed by atoms with van der Waals surface area (Å²) in [6.45, 7) is 7.74. The predicted octanol–water partition coefficient (Wildman–Crippen LogP) is 3.13. The van der Waals surface area contributed by atoms with Gasteiger partial charge >= 0.3 is 6.09 Å². The van der Waals surface area contributed by atoms with E-state index in [2.05, 4.69) is 16.0 Å². The molecule has 2 aromatic carbocycles. The number of guanidine groups is 1. The molecule has 12 heteroatoms. The van der Waals surface area contributed by atoms with Gasteiger partial charge in [-0.2, -0.15) is 0 Å². The number of benzene rings is 2. The molecule has 0 saturated heterocycles. The molecule has 0 fully saturated rings. The summed E-state index contributed by atoms with van der Waals surface area (Å²) >= 11 is 0. The van der Waals surface area contributed by atoms with Gasteiger partial charge in [0, 0.05) is 19.2 Å². The third-order valence-electron chi connectivity index (χ3n) is 7.12. The first kappa shape index (κ1) is 37.5. The second-order valence-corrected chi connectivity index (χ2v) is 11.8. The van der Waals surface area contributed by atoms with Gasteiger partial charge in [0.05, 0.1) is 12.1 Å². The van der Waals surface area contributed by atoms with Crippen molar-refractivity contribution in [3.8, 4) is 0 Å². The lowest BCUT2D eigenvalue weighted by atomic mass is 9.98. The molecular weight excluding hydrogens is 586 g/mol. The van der Waals surface area contributed by atoms with Gasteiger partial charge in [-0.05, 0) is 48.3 Å². The van der Waals surface area contributed by atoms with Crippen LogP contribution in [0.3, 0.4) is 0 Å². The molecule has 2 rings (SSSR count). The average Bonchev–Trinajstić information content (AvgIpc) is 3.02. The van der Waals surface area contributed by atoms with Crippen molar-refractivity contribution in [1.29, 1.82) is 5.41 Å². The van der Waals surface area contributed by atoms with Crippen molar-refractivity contribution in [1.82, 2.24) is 20.9 Å². The summed E-state index contributed by atoms with van der Waals surface area (Å²) < 4.78 is 5.61. The molecular formula is C34H49N7O5. The van der Waals surface area contributed by atoms with Crippen LogP contribution >= 0.6 is 0 Å². The van der Waals surface area contributed by atoms with E-state index in [0.717, 1.165) is 16.0 Å². The number of hydrogen-bond donors (Lipinski definition) is 6. The molecule has 0 saturated carbocycles. The highest BCUT2D eigenvalue weighted by atomic mass is 16.6. The third-order valence-corrected chi connectivity index (χ3v) is 7.12. The van der Waals surface area contributed by atoms with Crippen molar-refractivity contribution in [3.05, 3.63) is 77.9 Å². The van der Waals surface area contributed by atoms with Gasteiger partial charge in [-0.1, -0.05) is 88.4 Å². The van der Waals surface area contributed by atoms with Gasteiger partial charge in [-0.3, -0.25) is 19.8 Å². The molecule has 0 aliphatic heterocycles. The van der Waals surface area contributed by atoms with Gasteiger partial charge in [-0.25, -0.2) is 9.69 Å². The smallest absolute Gasteiger partial charge is 0.417 e. The Morgan fingerprint density at radius 3 is 2.17 bits per heavy atom. The van der Waals surface area contributed by atoms with E-state index in [9.17, 15) is 19.2 Å². The summed E-state index contributed by atoms with van der Waals surface area (Å²) in [5.41, 5.74) is 13.0. The fourth-order valence-electron chi connectivity index (χ4n) is 4.62. The lowest BCUT2D eigenvalue weighted by Crippen LogP contribution is -2.59. The molecule has 0 heterocycles. The van der Waals surface area contributed by atoms with Gasteiger partial charge < -0.3 is 32.2 Å². The second-order valence-electron chi connectivity index (χ2n) is 11.8. The molecule has 0 bridgehead atoms. The Kier molecular flexibility index (Phi) is 16.0. The third kappa shape index (κ3) is 13.5. The predicted molar refractivity (Wildman–Crippen MR) is 179 cm³/mol. The standard InChI is InChI=1S/C34H49N7O5/c1-23(2)20-28(40-31(43)27(35)16-11-19-38-33(36)37)32(44)41(34(45)46-22-26-14-9-6-10-15-26)29(24(3)4)21-39-30(42)18-17-25-12-7-5-8-13-25/h5-10,12-15,17-18,23-24,27-29H,11,16,19-22,35H2,1-4H3,(H,39,42)(H,40,43)(H4,36,37,38)/b18-17+/t27-,28-,29-/m0/s1. The maximum Gasteiger partial charge on any atom is 0.417 e. The Labute approximate surface area is 271 Å². The summed E-state index contributed by atoms with van der Waals surface area (Å²) in [6.07, 6.45) is 3.18. The van der Waals surface area contributed by atoms with Gasteiger partial charge in [0.1, 0.15) is 12.6 Å². The number of carbonyl (C=O) groups is 4. The van der Waals surface area contributed by atoms with Crippen LogP contribution in [0.4, 0.5) is 4.79 Å². The summed E-state index contributed by atoms with van der Waals surface area (Å²) in [7, 11) is 0. The van der Waals surface area contributed by atoms with Gasteiger partial charge in [0.25, 0.3) is 5.91 Å². The highest BCUT2D eigenvalue weighted by Gasteiger charge is 2.38. The summed E-state index contributed by atoms with van der Waals surface area (Å²) in [4.78, 5) is 54.8. The van der Waals surface area contributed by atoms with Crippen molar-refractivity contribution in [2.45, 2.75) is 71.7 Å². The average molecular weight is 636 g/mol. The molecule has 3 atom stereocenters. The minimum absolute atomic E-state index is 0.0206. The second kappa shape index (κ2) is 19.6. The van der Waals surface area contributed by atoms with E-state index in [1.54, 1.807) is 18.2 Å². The molecule has 0 radical (unpaired) electrons. The summed E-state index contributed by atoms with van der Waals surface area (Å²) in [5, 5.41) is 15.5. The molecule has 46 heavy (non-hydrogen) atoms. The zero-order valence-corrected chi connectivity index (χ0v) is 27.2. The number of hydrogen-bond acceptors (Lipinski definition) is 7. The first-order valence-corrected chi connectivity index (χ1v) is 15.6. The fraction of sp³-hybridized carbons (Fsp3) is 0.441. The molecule has 0 aromatic heterocycles. The van der Waals surface area contributed by atoms with Crippen LogP contribution in [0, 0.1) is 17.2 Å². The minimum Gasteiger partial charge on any atom is -0.444 e. The maximum atomic E-state index is 14.2. The lowest BCUT2D eigenvalue weighted by Gasteiger charge is -2.35. The van der Waals surface area contributed by atoms with Crippen molar-refractivity contribution < 1.29 is 23.9 Å². The zero-order valence-electron chi connectivity index (χ0n) is 27.2. The fourth-order valence-corrected chi connectivity index (χ4v) is 4.62. The number of rotatable bonds is 17. The van der Waals surface area contributed by atoms with E-state index in [1.165, 1.54) is 6.08 Å². The zero-order chi connectivity index (χ0) is 34.1. The number of carbonyl (C=O) groups excluding carboxylic acids is 4. The highest BCUT2D eigenvalue weighted by molar-refractivity contribution is 5.98. The first-order valence-electron chi connectivity index (χ1n) is 15.6. The van der Waals surface area contributed by atoms with E-state index >= 15 is 0 Å². The SMILES string of the molecule is CC(C)C[C@H](NC(=O)[C@@H](N)CCCNC(=N)N)C(=O)N(C(=O)OCc1ccccc1)[C@@H](CNC(=O)/C=C/c1ccccc1)C(C)C. The Balaban J connectivity index is 2.29.